The first-order valence-electron chi connectivity index (χ1n) is 18.2. The van der Waals surface area contributed by atoms with Gasteiger partial charge < -0.3 is 37.9 Å². The molecule has 0 bridgehead atoms. The number of ether oxygens (including phenoxy) is 8. The lowest BCUT2D eigenvalue weighted by Crippen LogP contribution is -2.41. The van der Waals surface area contributed by atoms with Crippen molar-refractivity contribution in [1.82, 2.24) is 0 Å². The van der Waals surface area contributed by atoms with Gasteiger partial charge in [0, 0.05) is 12.2 Å². The number of carbonyl (C=O) groups is 2. The van der Waals surface area contributed by atoms with Gasteiger partial charge in [0.25, 0.3) is 0 Å². The lowest BCUT2D eigenvalue weighted by atomic mass is 10.0. The highest BCUT2D eigenvalue weighted by molar-refractivity contribution is 5.81. The van der Waals surface area contributed by atoms with E-state index in [0.717, 1.165) is 82.7 Å². The third-order valence-corrected chi connectivity index (χ3v) is 8.42. The van der Waals surface area contributed by atoms with Crippen molar-refractivity contribution in [3.05, 3.63) is 133 Å². The first-order chi connectivity index (χ1) is 26.5. The smallest absolute Gasteiger partial charge is 0.330 e. The predicted octanol–water partition coefficient (Wildman–Crippen LogP) is 8.23. The highest BCUT2D eigenvalue weighted by Crippen LogP contribution is 2.26. The highest BCUT2D eigenvalue weighted by Gasteiger charge is 2.28. The maximum Gasteiger partial charge on any atom is 0.330 e. The second-order valence-electron chi connectivity index (χ2n) is 12.4. The number of carbonyl (C=O) groups excluding carboxylic acids is 2. The minimum absolute atomic E-state index is 0.347. The van der Waals surface area contributed by atoms with E-state index in [0.29, 0.717) is 52.9 Å². The Kier molecular flexibility index (Phi) is 16.3. The third-order valence-electron chi connectivity index (χ3n) is 8.42. The molecule has 4 aromatic rings. The summed E-state index contributed by atoms with van der Waals surface area (Å²) in [6.45, 7) is 10.1. The number of rotatable bonds is 22. The summed E-state index contributed by atoms with van der Waals surface area (Å²) in [4.78, 5) is 22.2. The van der Waals surface area contributed by atoms with Crippen LogP contribution in [0.15, 0.2) is 122 Å². The molecule has 1 heterocycles. The van der Waals surface area contributed by atoms with Crippen molar-refractivity contribution in [2.75, 3.05) is 39.6 Å². The first kappa shape index (κ1) is 39.9. The monoisotopic (exact) mass is 736 g/mol. The van der Waals surface area contributed by atoms with Crippen LogP contribution in [0.1, 0.15) is 36.8 Å². The second kappa shape index (κ2) is 22.1. The van der Waals surface area contributed by atoms with Gasteiger partial charge in [0.15, 0.2) is 0 Å². The summed E-state index contributed by atoms with van der Waals surface area (Å²) < 4.78 is 45.5. The molecule has 0 spiro atoms. The molecule has 0 unspecified atom stereocenters. The molecule has 0 aliphatic carbocycles. The number of benzene rings is 4. The number of esters is 2. The van der Waals surface area contributed by atoms with Gasteiger partial charge in [-0.25, -0.2) is 9.59 Å². The molecule has 0 radical (unpaired) electrons. The maximum absolute atomic E-state index is 11.1. The Morgan fingerprint density at radius 2 is 0.852 bits per heavy atom. The minimum Gasteiger partial charge on any atom is -0.494 e. The van der Waals surface area contributed by atoms with Gasteiger partial charge >= 0.3 is 11.9 Å². The maximum atomic E-state index is 11.1. The van der Waals surface area contributed by atoms with Gasteiger partial charge in [-0.15, -0.1) is 0 Å². The fourth-order valence-corrected chi connectivity index (χ4v) is 5.42. The Morgan fingerprint density at radius 3 is 1.20 bits per heavy atom. The normalized spacial score (nSPS) is 15.2. The van der Waals surface area contributed by atoms with Crippen LogP contribution in [0, 0.1) is 0 Å². The van der Waals surface area contributed by atoms with Crippen molar-refractivity contribution in [1.29, 1.82) is 0 Å². The third kappa shape index (κ3) is 13.3. The standard InChI is InChI=1S/C44H48O10/c1-3-41(45)49-27-7-5-25-47-39-21-17-37(18-22-39)35-13-9-33(10-14-35)31-53-43-44(52-30-29-51-43)54-32-34-11-15-36(16-12-34)38-19-23-40(24-20-38)48-26-6-8-28-50-42(46)4-2/h3-4,9-24,43-44H,1-2,5-8,25-32H2/t43-,44-/m1/s1. The molecule has 4 aromatic carbocycles. The molecule has 10 heteroatoms. The zero-order chi connectivity index (χ0) is 37.8. The van der Waals surface area contributed by atoms with Crippen molar-refractivity contribution in [2.45, 2.75) is 51.5 Å². The van der Waals surface area contributed by atoms with Crippen LogP contribution >= 0.6 is 0 Å². The Morgan fingerprint density at radius 1 is 0.519 bits per heavy atom. The SMILES string of the molecule is C=CC(=O)OCCCCOc1ccc(-c2ccc(CO[C@H]3OCCO[C@@H]3OCc3ccc(-c4ccc(OCCCCOC(=O)C=C)cc4)cc3)cc2)cc1. The molecular formula is C44H48O10. The summed E-state index contributed by atoms with van der Waals surface area (Å²) in [5.41, 5.74) is 6.33. The Labute approximate surface area is 317 Å². The fourth-order valence-electron chi connectivity index (χ4n) is 5.42. The van der Waals surface area contributed by atoms with E-state index in [9.17, 15) is 9.59 Å². The van der Waals surface area contributed by atoms with E-state index < -0.39 is 24.5 Å². The van der Waals surface area contributed by atoms with Gasteiger partial charge in [-0.2, -0.15) is 0 Å². The van der Waals surface area contributed by atoms with E-state index in [2.05, 4.69) is 37.4 Å². The highest BCUT2D eigenvalue weighted by atomic mass is 16.8. The predicted molar refractivity (Wildman–Crippen MR) is 205 cm³/mol. The van der Waals surface area contributed by atoms with Gasteiger partial charge in [-0.1, -0.05) is 86.0 Å². The molecule has 0 aromatic heterocycles. The van der Waals surface area contributed by atoms with Crippen molar-refractivity contribution in [3.8, 4) is 33.8 Å². The van der Waals surface area contributed by atoms with Crippen molar-refractivity contribution < 1.29 is 47.5 Å². The summed E-state index contributed by atoms with van der Waals surface area (Å²) in [5.74, 6) is 0.773. The van der Waals surface area contributed by atoms with Crippen LogP contribution in [0.25, 0.3) is 22.3 Å². The van der Waals surface area contributed by atoms with Crippen LogP contribution in [0.4, 0.5) is 0 Å². The van der Waals surface area contributed by atoms with E-state index in [-0.39, 0.29) is 0 Å². The largest absolute Gasteiger partial charge is 0.494 e. The molecular weight excluding hydrogens is 688 g/mol. The fraction of sp³-hybridized carbons (Fsp3) is 0.318. The molecule has 2 atom stereocenters. The van der Waals surface area contributed by atoms with Crippen LogP contribution in [0.5, 0.6) is 11.5 Å². The van der Waals surface area contributed by atoms with Crippen LogP contribution in [-0.2, 0) is 51.2 Å². The van der Waals surface area contributed by atoms with E-state index in [1.165, 1.54) is 0 Å². The molecule has 54 heavy (non-hydrogen) atoms. The zero-order valence-electron chi connectivity index (χ0n) is 30.5. The van der Waals surface area contributed by atoms with Crippen molar-refractivity contribution >= 4 is 11.9 Å². The van der Waals surface area contributed by atoms with E-state index in [1.54, 1.807) is 0 Å². The average molecular weight is 737 g/mol. The van der Waals surface area contributed by atoms with Crippen LogP contribution in [0.3, 0.4) is 0 Å². The van der Waals surface area contributed by atoms with Gasteiger partial charge in [0.05, 0.1) is 52.9 Å². The molecule has 10 nitrogen and oxygen atoms in total. The van der Waals surface area contributed by atoms with E-state index in [4.69, 9.17) is 37.9 Å². The molecule has 1 aliphatic heterocycles. The van der Waals surface area contributed by atoms with E-state index >= 15 is 0 Å². The summed E-state index contributed by atoms with van der Waals surface area (Å²) in [6.07, 6.45) is 4.05. The topological polar surface area (TPSA) is 108 Å². The first-order valence-corrected chi connectivity index (χ1v) is 18.2. The van der Waals surface area contributed by atoms with Gasteiger partial charge in [0.2, 0.25) is 12.6 Å². The van der Waals surface area contributed by atoms with Crippen molar-refractivity contribution in [3.63, 3.8) is 0 Å². The van der Waals surface area contributed by atoms with Crippen LogP contribution in [0.2, 0.25) is 0 Å². The Bertz CT molecular complexity index is 1600. The molecule has 1 aliphatic rings. The number of unbranched alkanes of at least 4 members (excludes halogenated alkanes) is 2. The summed E-state index contributed by atoms with van der Waals surface area (Å²) in [5, 5.41) is 0. The summed E-state index contributed by atoms with van der Waals surface area (Å²) in [6, 6.07) is 32.3. The zero-order valence-corrected chi connectivity index (χ0v) is 30.5. The van der Waals surface area contributed by atoms with Crippen LogP contribution < -0.4 is 9.47 Å². The van der Waals surface area contributed by atoms with Crippen molar-refractivity contribution in [2.24, 2.45) is 0 Å². The van der Waals surface area contributed by atoms with Gasteiger partial charge in [-0.05, 0) is 83.3 Å². The Hall–Kier alpha value is -5.26. The molecule has 5 rings (SSSR count). The quantitative estimate of drug-likeness (QED) is 0.0445. The summed E-state index contributed by atoms with van der Waals surface area (Å²) in [7, 11) is 0. The summed E-state index contributed by atoms with van der Waals surface area (Å²) >= 11 is 0. The molecule has 0 amide bonds. The lowest BCUT2D eigenvalue weighted by Gasteiger charge is -2.31. The Balaban J connectivity index is 1.01. The number of hydrogen-bond donors (Lipinski definition) is 0. The molecule has 0 N–H and O–H groups in total. The van der Waals surface area contributed by atoms with Gasteiger partial charge in [0.1, 0.15) is 11.5 Å². The minimum atomic E-state index is -0.650. The van der Waals surface area contributed by atoms with Gasteiger partial charge in [-0.3, -0.25) is 0 Å². The van der Waals surface area contributed by atoms with E-state index in [1.807, 2.05) is 72.8 Å². The molecule has 1 fully saturated rings. The second-order valence-corrected chi connectivity index (χ2v) is 12.4. The molecule has 1 saturated heterocycles. The van der Waals surface area contributed by atoms with Crippen LogP contribution in [-0.4, -0.2) is 64.2 Å². The molecule has 0 saturated carbocycles. The number of hydrogen-bond acceptors (Lipinski definition) is 10. The molecule has 284 valence electrons. The lowest BCUT2D eigenvalue weighted by molar-refractivity contribution is -0.326. The average Bonchev–Trinajstić information content (AvgIpc) is 3.22.